The molecule has 0 bridgehead atoms. The SMILES string of the molecule is Cc1ccc(N(C(=O)Nc2cc(N=C=O)c(C)c(N=C=O)c2)C(=O)Nc2cc(N=C=O)c(C)c(N=C=O)c2)cc1N=C=O. The van der Waals surface area contributed by atoms with Crippen molar-refractivity contribution >= 4 is 88.0 Å². The molecule has 0 spiro atoms. The van der Waals surface area contributed by atoms with Gasteiger partial charge in [-0.15, -0.1) is 0 Å². The Balaban J connectivity index is 2.15. The van der Waals surface area contributed by atoms with Gasteiger partial charge in [-0.2, -0.15) is 25.0 Å². The molecule has 0 aromatic heterocycles. The number of hydrogen-bond acceptors (Lipinski definition) is 12. The first-order valence-electron chi connectivity index (χ1n) is 11.9. The Hall–Kier alpha value is -6.70. The van der Waals surface area contributed by atoms with E-state index in [1.165, 1.54) is 86.7 Å². The number of nitrogens with one attached hydrogen (secondary N) is 2. The van der Waals surface area contributed by atoms with Gasteiger partial charge in [-0.3, -0.25) is 0 Å². The van der Waals surface area contributed by atoms with E-state index < -0.39 is 12.1 Å². The molecule has 15 heteroatoms. The number of imide groups is 1. The van der Waals surface area contributed by atoms with Crippen LogP contribution in [0.5, 0.6) is 0 Å². The van der Waals surface area contributed by atoms with E-state index in [-0.39, 0.29) is 45.5 Å². The van der Waals surface area contributed by atoms with Crippen molar-refractivity contribution in [2.24, 2.45) is 25.0 Å². The second-order valence-corrected chi connectivity index (χ2v) is 8.46. The highest BCUT2D eigenvalue weighted by atomic mass is 16.2. The Kier molecular flexibility index (Phi) is 10.1. The zero-order valence-electron chi connectivity index (χ0n) is 22.6. The van der Waals surface area contributed by atoms with Gasteiger partial charge in [0.05, 0.1) is 34.1 Å². The third kappa shape index (κ3) is 7.29. The predicted molar refractivity (Wildman–Crippen MR) is 153 cm³/mol. The fraction of sp³-hybridized carbons (Fsp3) is 0.107. The fourth-order valence-electron chi connectivity index (χ4n) is 3.77. The van der Waals surface area contributed by atoms with Crippen LogP contribution < -0.4 is 15.5 Å². The first-order valence-corrected chi connectivity index (χ1v) is 11.9. The highest BCUT2D eigenvalue weighted by Crippen LogP contribution is 2.35. The lowest BCUT2D eigenvalue weighted by Gasteiger charge is -2.23. The van der Waals surface area contributed by atoms with E-state index in [1.807, 2.05) is 0 Å². The van der Waals surface area contributed by atoms with E-state index in [0.29, 0.717) is 21.6 Å². The van der Waals surface area contributed by atoms with E-state index in [2.05, 4.69) is 35.6 Å². The minimum atomic E-state index is -1.06. The quantitative estimate of drug-likeness (QED) is 0.250. The number of nitrogens with zero attached hydrogens (tertiary/aromatic N) is 6. The van der Waals surface area contributed by atoms with E-state index >= 15 is 0 Å². The second kappa shape index (κ2) is 14.1. The van der Waals surface area contributed by atoms with Crippen molar-refractivity contribution in [3.8, 4) is 0 Å². The minimum Gasteiger partial charge on any atom is -0.307 e. The Morgan fingerprint density at radius 2 is 0.907 bits per heavy atom. The summed E-state index contributed by atoms with van der Waals surface area (Å²) in [6.45, 7) is 4.68. The average Bonchev–Trinajstić information content (AvgIpc) is 2.96. The van der Waals surface area contributed by atoms with Crippen LogP contribution in [0, 0.1) is 20.8 Å². The Labute approximate surface area is 242 Å². The smallest absolute Gasteiger partial charge is 0.307 e. The van der Waals surface area contributed by atoms with Gasteiger partial charge in [0.25, 0.3) is 0 Å². The zero-order chi connectivity index (χ0) is 31.5. The lowest BCUT2D eigenvalue weighted by molar-refractivity contribution is 0.246. The summed E-state index contributed by atoms with van der Waals surface area (Å²) < 4.78 is 0. The summed E-state index contributed by atoms with van der Waals surface area (Å²) >= 11 is 0. The summed E-state index contributed by atoms with van der Waals surface area (Å²) in [5.41, 5.74) is 1.30. The minimum absolute atomic E-state index is 0.0183. The highest BCUT2D eigenvalue weighted by molar-refractivity contribution is 6.21. The molecule has 0 atom stereocenters. The third-order valence-electron chi connectivity index (χ3n) is 5.90. The molecule has 0 aliphatic carbocycles. The monoisotopic (exact) mass is 578 g/mol. The van der Waals surface area contributed by atoms with Gasteiger partial charge in [0.15, 0.2) is 0 Å². The molecule has 0 unspecified atom stereocenters. The van der Waals surface area contributed by atoms with Gasteiger partial charge in [0.2, 0.25) is 30.4 Å². The maximum Gasteiger partial charge on any atom is 0.334 e. The lowest BCUT2D eigenvalue weighted by Crippen LogP contribution is -2.42. The van der Waals surface area contributed by atoms with Crippen LogP contribution in [0.4, 0.5) is 55.1 Å². The van der Waals surface area contributed by atoms with Gasteiger partial charge >= 0.3 is 12.1 Å². The van der Waals surface area contributed by atoms with Crippen LogP contribution >= 0.6 is 0 Å². The predicted octanol–water partition coefficient (Wildman–Crippen LogP) is 5.72. The van der Waals surface area contributed by atoms with Gasteiger partial charge < -0.3 is 10.6 Å². The van der Waals surface area contributed by atoms with Gasteiger partial charge in [-0.1, -0.05) is 6.07 Å². The Bertz CT molecular complexity index is 1710. The van der Waals surface area contributed by atoms with Gasteiger partial charge in [0.1, 0.15) is 0 Å². The first-order chi connectivity index (χ1) is 20.7. The van der Waals surface area contributed by atoms with Crippen LogP contribution in [0.3, 0.4) is 0 Å². The molecule has 3 aromatic rings. The summed E-state index contributed by atoms with van der Waals surface area (Å²) in [5.74, 6) is 0. The number of aryl methyl sites for hydroxylation is 1. The number of carbonyl (C=O) groups is 2. The van der Waals surface area contributed by atoms with Crippen molar-refractivity contribution in [1.29, 1.82) is 0 Å². The molecule has 0 aliphatic rings. The number of anilines is 3. The molecule has 0 saturated heterocycles. The molecule has 3 rings (SSSR count). The zero-order valence-corrected chi connectivity index (χ0v) is 22.6. The average molecular weight is 579 g/mol. The van der Waals surface area contributed by atoms with Crippen LogP contribution in [0.15, 0.2) is 67.4 Å². The molecule has 0 fully saturated rings. The molecule has 0 radical (unpaired) electrons. The topological polar surface area (TPSA) is 209 Å². The molecule has 2 N–H and O–H groups in total. The van der Waals surface area contributed by atoms with E-state index in [4.69, 9.17) is 0 Å². The van der Waals surface area contributed by atoms with Crippen molar-refractivity contribution < 1.29 is 33.6 Å². The number of hydrogen-bond donors (Lipinski definition) is 2. The van der Waals surface area contributed by atoms with Crippen molar-refractivity contribution in [2.75, 3.05) is 15.5 Å². The molecule has 212 valence electrons. The number of isocyanates is 5. The van der Waals surface area contributed by atoms with E-state index in [0.717, 1.165) is 0 Å². The summed E-state index contributed by atoms with van der Waals surface area (Å²) in [6, 6.07) is 7.18. The summed E-state index contributed by atoms with van der Waals surface area (Å²) in [4.78, 5) is 100. The largest absolute Gasteiger partial charge is 0.334 e. The van der Waals surface area contributed by atoms with E-state index in [1.54, 1.807) is 6.92 Å². The van der Waals surface area contributed by atoms with Crippen LogP contribution in [0.2, 0.25) is 0 Å². The van der Waals surface area contributed by atoms with Gasteiger partial charge in [-0.05, 0) is 62.7 Å². The third-order valence-corrected chi connectivity index (χ3v) is 5.90. The summed E-state index contributed by atoms with van der Waals surface area (Å²) in [7, 11) is 0. The number of amides is 4. The van der Waals surface area contributed by atoms with Crippen LogP contribution in [-0.2, 0) is 24.0 Å². The molecule has 0 saturated carbocycles. The second-order valence-electron chi connectivity index (χ2n) is 8.46. The molecule has 4 amide bonds. The maximum absolute atomic E-state index is 13.6. The van der Waals surface area contributed by atoms with Crippen molar-refractivity contribution in [3.05, 3.63) is 59.2 Å². The first kappa shape index (κ1) is 30.8. The van der Waals surface area contributed by atoms with E-state index in [9.17, 15) is 33.6 Å². The number of benzene rings is 3. The summed E-state index contributed by atoms with van der Waals surface area (Å²) in [5, 5.41) is 4.94. The number of carbonyl (C=O) groups excluding carboxylic acids is 7. The van der Waals surface area contributed by atoms with Crippen molar-refractivity contribution in [1.82, 2.24) is 0 Å². The number of rotatable bonds is 8. The molecule has 0 aliphatic heterocycles. The molecule has 15 nitrogen and oxygen atoms in total. The summed E-state index contributed by atoms with van der Waals surface area (Å²) in [6.07, 6.45) is 6.86. The van der Waals surface area contributed by atoms with Crippen LogP contribution in [-0.4, -0.2) is 42.5 Å². The number of urea groups is 2. The number of aliphatic imine (C=N–C) groups is 5. The lowest BCUT2D eigenvalue weighted by atomic mass is 10.1. The molecule has 43 heavy (non-hydrogen) atoms. The van der Waals surface area contributed by atoms with Gasteiger partial charge in [-0.25, -0.2) is 38.5 Å². The highest BCUT2D eigenvalue weighted by Gasteiger charge is 2.26. The Morgan fingerprint density at radius 3 is 1.26 bits per heavy atom. The van der Waals surface area contributed by atoms with Crippen LogP contribution in [0.1, 0.15) is 16.7 Å². The molecule has 3 aromatic carbocycles. The van der Waals surface area contributed by atoms with Crippen LogP contribution in [0.25, 0.3) is 0 Å². The Morgan fingerprint density at radius 1 is 0.558 bits per heavy atom. The normalized spacial score (nSPS) is 9.47. The molecular formula is C28H18N8O7. The fourth-order valence-corrected chi connectivity index (χ4v) is 3.77. The van der Waals surface area contributed by atoms with Gasteiger partial charge in [0, 0.05) is 22.5 Å². The maximum atomic E-state index is 13.6. The molecular weight excluding hydrogens is 560 g/mol. The van der Waals surface area contributed by atoms with Crippen molar-refractivity contribution in [3.63, 3.8) is 0 Å². The van der Waals surface area contributed by atoms with Crippen molar-refractivity contribution in [2.45, 2.75) is 20.8 Å². The standard InChI is InChI=1S/C28H18N8O7/c1-16-4-5-21(10-22(16)29-11-37)36(27(42)34-19-6-23(30-12-38)17(2)24(7-19)31-13-39)28(43)35-20-8-25(32-14-40)18(3)26(9-20)33-15-41/h4-10H,1-3H3,(H,34,42)(H,35,43). The molecule has 0 heterocycles.